The molecule has 0 saturated carbocycles. The Morgan fingerprint density at radius 3 is 1.96 bits per heavy atom. The number of hydrogen-bond donors (Lipinski definition) is 0. The Morgan fingerprint density at radius 2 is 1.46 bits per heavy atom. The van der Waals surface area contributed by atoms with Crippen LogP contribution in [0.15, 0.2) is 18.2 Å². The van der Waals surface area contributed by atoms with Gasteiger partial charge in [0.2, 0.25) is 5.78 Å². The second kappa shape index (κ2) is 8.82. The fraction of sp³-hybridized carbons (Fsp3) is 0.429. The zero-order chi connectivity index (χ0) is 21.0. The first-order valence-electron chi connectivity index (χ1n) is 8.93. The van der Waals surface area contributed by atoms with Crippen LogP contribution in [0.1, 0.15) is 52.0 Å². The maximum atomic E-state index is 12.6. The number of Topliss-reactive ketones (excluding diaryl/α,β-unsaturated/α-hetero) is 1. The van der Waals surface area contributed by atoms with Gasteiger partial charge in [-0.3, -0.25) is 4.79 Å². The summed E-state index contributed by atoms with van der Waals surface area (Å²) in [6, 6.07) is 5.06. The predicted molar refractivity (Wildman–Crippen MR) is 105 cm³/mol. The van der Waals surface area contributed by atoms with Gasteiger partial charge in [0.25, 0.3) is 0 Å². The normalized spacial score (nSPS) is 10.7. The lowest BCUT2D eigenvalue weighted by molar-refractivity contribution is 0.0471. The van der Waals surface area contributed by atoms with Crippen molar-refractivity contribution in [3.05, 3.63) is 40.7 Å². The summed E-state index contributed by atoms with van der Waals surface area (Å²) < 4.78 is 23.0. The fourth-order valence-electron chi connectivity index (χ4n) is 3.33. The van der Waals surface area contributed by atoms with E-state index in [-0.39, 0.29) is 29.7 Å². The van der Waals surface area contributed by atoms with Crippen molar-refractivity contribution in [2.24, 2.45) is 0 Å². The summed E-state index contributed by atoms with van der Waals surface area (Å²) in [6.07, 6.45) is 0. The van der Waals surface area contributed by atoms with Crippen molar-refractivity contribution in [3.8, 4) is 17.2 Å². The van der Waals surface area contributed by atoms with Crippen LogP contribution < -0.4 is 14.2 Å². The summed E-state index contributed by atoms with van der Waals surface area (Å²) in [5, 5.41) is 0. The lowest BCUT2D eigenvalue weighted by atomic mass is 10.1. The molecule has 1 aromatic heterocycles. The van der Waals surface area contributed by atoms with Crippen LogP contribution in [0.25, 0.3) is 0 Å². The van der Waals surface area contributed by atoms with Gasteiger partial charge in [-0.25, -0.2) is 4.79 Å². The third kappa shape index (κ3) is 4.13. The van der Waals surface area contributed by atoms with E-state index in [4.69, 9.17) is 18.9 Å². The Kier molecular flexibility index (Phi) is 6.72. The maximum Gasteiger partial charge on any atom is 0.342 e. The molecule has 2 rings (SSSR count). The monoisotopic (exact) mass is 389 g/mol. The summed E-state index contributed by atoms with van der Waals surface area (Å²) in [5.74, 6) is 0.125. The Bertz CT molecular complexity index is 882. The molecule has 7 nitrogen and oxygen atoms in total. The number of ether oxygens (including phenoxy) is 4. The first-order valence-corrected chi connectivity index (χ1v) is 8.93. The molecule has 0 saturated heterocycles. The molecule has 0 aliphatic rings. The number of aryl methyl sites for hydroxylation is 1. The van der Waals surface area contributed by atoms with Gasteiger partial charge in [-0.2, -0.15) is 0 Å². The van der Waals surface area contributed by atoms with Crippen LogP contribution in [-0.2, 0) is 4.74 Å². The Hall–Kier alpha value is -2.96. The molecule has 0 aliphatic carbocycles. The van der Waals surface area contributed by atoms with Crippen molar-refractivity contribution in [1.82, 2.24) is 4.57 Å². The van der Waals surface area contributed by atoms with E-state index in [0.29, 0.717) is 17.1 Å². The molecular weight excluding hydrogens is 362 g/mol. The average molecular weight is 389 g/mol. The van der Waals surface area contributed by atoms with E-state index in [0.717, 1.165) is 11.4 Å². The fourth-order valence-corrected chi connectivity index (χ4v) is 3.33. The van der Waals surface area contributed by atoms with Gasteiger partial charge in [0, 0.05) is 35.1 Å². The summed E-state index contributed by atoms with van der Waals surface area (Å²) in [5.41, 5.74) is 2.56. The lowest BCUT2D eigenvalue weighted by Gasteiger charge is -2.14. The molecule has 1 aromatic carbocycles. The van der Waals surface area contributed by atoms with Gasteiger partial charge in [-0.15, -0.1) is 0 Å². The van der Waals surface area contributed by atoms with Crippen molar-refractivity contribution in [2.45, 2.75) is 33.7 Å². The molecule has 0 fully saturated rings. The van der Waals surface area contributed by atoms with E-state index >= 15 is 0 Å². The van der Waals surface area contributed by atoms with Crippen molar-refractivity contribution < 1.29 is 28.5 Å². The smallest absolute Gasteiger partial charge is 0.342 e. The Labute approximate surface area is 165 Å². The van der Waals surface area contributed by atoms with E-state index < -0.39 is 5.97 Å². The van der Waals surface area contributed by atoms with Crippen LogP contribution in [0.5, 0.6) is 17.2 Å². The lowest BCUT2D eigenvalue weighted by Crippen LogP contribution is -2.16. The van der Waals surface area contributed by atoms with E-state index in [2.05, 4.69) is 18.4 Å². The van der Waals surface area contributed by atoms with Gasteiger partial charge in [0.05, 0.1) is 21.3 Å². The number of carbonyl (C=O) groups is 2. The predicted octanol–water partition coefficient (Wildman–Crippen LogP) is 3.75. The van der Waals surface area contributed by atoms with E-state index in [1.807, 2.05) is 19.9 Å². The van der Waals surface area contributed by atoms with Crippen LogP contribution in [0, 0.1) is 13.8 Å². The number of ketones is 1. The highest BCUT2D eigenvalue weighted by Crippen LogP contribution is 2.35. The van der Waals surface area contributed by atoms with E-state index in [1.165, 1.54) is 33.5 Å². The highest BCUT2D eigenvalue weighted by atomic mass is 16.5. The van der Waals surface area contributed by atoms with Gasteiger partial charge >= 0.3 is 5.97 Å². The second-order valence-electron chi connectivity index (χ2n) is 6.66. The van der Waals surface area contributed by atoms with Crippen molar-refractivity contribution in [3.63, 3.8) is 0 Å². The van der Waals surface area contributed by atoms with Gasteiger partial charge in [-0.05, 0) is 33.8 Å². The molecule has 152 valence electrons. The minimum atomic E-state index is -0.677. The second-order valence-corrected chi connectivity index (χ2v) is 6.66. The molecule has 2 aromatic rings. The summed E-state index contributed by atoms with van der Waals surface area (Å²) in [7, 11) is 4.39. The van der Waals surface area contributed by atoms with Crippen LogP contribution in [0.2, 0.25) is 0 Å². The summed E-state index contributed by atoms with van der Waals surface area (Å²) >= 11 is 0. The number of hydrogen-bond acceptors (Lipinski definition) is 6. The van der Waals surface area contributed by atoms with Gasteiger partial charge in [0.1, 0.15) is 11.3 Å². The molecule has 0 unspecified atom stereocenters. The largest absolute Gasteiger partial charge is 0.496 e. The van der Waals surface area contributed by atoms with Gasteiger partial charge in [0.15, 0.2) is 18.1 Å². The number of benzene rings is 1. The standard InChI is InChI=1S/C21H27NO6/c1-12(2)22-13(3)8-15(14(22)4)17(23)11-28-21(24)16-9-19(26-6)20(27-7)10-18(16)25-5/h8-10,12H,11H2,1-7H3. The molecule has 0 bridgehead atoms. The van der Waals surface area contributed by atoms with Crippen LogP contribution in [0.3, 0.4) is 0 Å². The van der Waals surface area contributed by atoms with Crippen molar-refractivity contribution in [2.75, 3.05) is 27.9 Å². The zero-order valence-electron chi connectivity index (χ0n) is 17.4. The van der Waals surface area contributed by atoms with Crippen LogP contribution >= 0.6 is 0 Å². The first kappa shape index (κ1) is 21.3. The molecule has 0 amide bonds. The number of carbonyl (C=O) groups excluding carboxylic acids is 2. The molecule has 0 aliphatic heterocycles. The third-order valence-corrected chi connectivity index (χ3v) is 4.56. The Morgan fingerprint density at radius 1 is 0.893 bits per heavy atom. The third-order valence-electron chi connectivity index (χ3n) is 4.56. The molecule has 0 spiro atoms. The molecule has 28 heavy (non-hydrogen) atoms. The number of methoxy groups -OCH3 is 3. The summed E-state index contributed by atoms with van der Waals surface area (Å²) in [4.78, 5) is 25.1. The minimum absolute atomic E-state index is 0.153. The van der Waals surface area contributed by atoms with Crippen LogP contribution in [-0.4, -0.2) is 44.3 Å². The maximum absolute atomic E-state index is 12.6. The highest BCUT2D eigenvalue weighted by Gasteiger charge is 2.22. The molecule has 0 atom stereocenters. The van der Waals surface area contributed by atoms with Gasteiger partial charge in [-0.1, -0.05) is 0 Å². The van der Waals surface area contributed by atoms with E-state index in [9.17, 15) is 9.59 Å². The Balaban J connectivity index is 2.21. The number of nitrogens with zero attached hydrogens (tertiary/aromatic N) is 1. The molecule has 0 N–H and O–H groups in total. The van der Waals surface area contributed by atoms with Crippen molar-refractivity contribution >= 4 is 11.8 Å². The number of esters is 1. The summed E-state index contributed by atoms with van der Waals surface area (Å²) in [6.45, 7) is 7.58. The molecule has 7 heteroatoms. The topological polar surface area (TPSA) is 76.0 Å². The molecular formula is C21H27NO6. The van der Waals surface area contributed by atoms with E-state index in [1.54, 1.807) is 0 Å². The highest BCUT2D eigenvalue weighted by molar-refractivity contribution is 6.01. The number of rotatable bonds is 8. The van der Waals surface area contributed by atoms with Crippen LogP contribution in [0.4, 0.5) is 0 Å². The SMILES string of the molecule is COc1cc(OC)c(C(=O)OCC(=O)c2cc(C)n(C(C)C)c2C)cc1OC. The minimum Gasteiger partial charge on any atom is -0.496 e. The first-order chi connectivity index (χ1) is 13.2. The average Bonchev–Trinajstić information content (AvgIpc) is 2.98. The van der Waals surface area contributed by atoms with Crippen molar-refractivity contribution in [1.29, 1.82) is 0 Å². The molecule has 1 heterocycles. The zero-order valence-corrected chi connectivity index (χ0v) is 17.4. The number of aromatic nitrogens is 1. The van der Waals surface area contributed by atoms with Gasteiger partial charge < -0.3 is 23.5 Å². The molecule has 0 radical (unpaired) electrons. The quantitative estimate of drug-likeness (QED) is 0.506.